The van der Waals surface area contributed by atoms with Crippen LogP contribution in [0.3, 0.4) is 0 Å². The van der Waals surface area contributed by atoms with Crippen LogP contribution in [0.25, 0.3) is 0 Å². The summed E-state index contributed by atoms with van der Waals surface area (Å²) < 4.78 is 30.9. The van der Waals surface area contributed by atoms with Crippen molar-refractivity contribution in [3.8, 4) is 0 Å². The molecule has 0 saturated carbocycles. The fraction of sp³-hybridized carbons (Fsp3) is 0.933. The van der Waals surface area contributed by atoms with Gasteiger partial charge in [0.25, 0.3) is 0 Å². The van der Waals surface area contributed by atoms with Crippen LogP contribution >= 0.6 is 0 Å². The number of carbonyl (C=O) groups excluding carboxylic acids is 1. The van der Waals surface area contributed by atoms with Crippen molar-refractivity contribution in [2.45, 2.75) is 6.04 Å². The Labute approximate surface area is 144 Å². The second-order valence-corrected chi connectivity index (χ2v) is 4.80. The zero-order chi connectivity index (χ0) is 17.9. The molecule has 0 bridgehead atoms. The molecule has 0 spiro atoms. The van der Waals surface area contributed by atoms with E-state index in [2.05, 4.69) is 5.32 Å². The summed E-state index contributed by atoms with van der Waals surface area (Å²) in [5, 5.41) is 2.65. The van der Waals surface area contributed by atoms with Crippen molar-refractivity contribution >= 4 is 5.91 Å². The summed E-state index contributed by atoms with van der Waals surface area (Å²) in [5.41, 5.74) is 5.68. The Morgan fingerprint density at radius 3 is 1.75 bits per heavy atom. The topological polar surface area (TPSA) is 111 Å². The first-order chi connectivity index (χ1) is 11.7. The highest BCUT2D eigenvalue weighted by atomic mass is 16.6. The van der Waals surface area contributed by atoms with E-state index >= 15 is 0 Å². The summed E-state index contributed by atoms with van der Waals surface area (Å²) >= 11 is 0. The third-order valence-electron chi connectivity index (χ3n) is 2.79. The monoisotopic (exact) mass is 352 g/mol. The van der Waals surface area contributed by atoms with Crippen molar-refractivity contribution in [3.63, 3.8) is 0 Å². The summed E-state index contributed by atoms with van der Waals surface area (Å²) in [7, 11) is 3.20. The lowest BCUT2D eigenvalue weighted by atomic mass is 10.3. The largest absolute Gasteiger partial charge is 0.383 e. The minimum absolute atomic E-state index is 0.150. The van der Waals surface area contributed by atoms with E-state index < -0.39 is 6.04 Å². The Morgan fingerprint density at radius 2 is 1.25 bits per heavy atom. The van der Waals surface area contributed by atoms with Gasteiger partial charge in [-0.05, 0) is 0 Å². The Hall–Kier alpha value is -0.810. The number of nitrogens with one attached hydrogen (secondary N) is 1. The molecule has 3 N–H and O–H groups in total. The minimum Gasteiger partial charge on any atom is -0.383 e. The van der Waals surface area contributed by atoms with Crippen molar-refractivity contribution in [1.82, 2.24) is 5.32 Å². The average Bonchev–Trinajstić information content (AvgIpc) is 2.58. The third-order valence-corrected chi connectivity index (χ3v) is 2.79. The average molecular weight is 352 g/mol. The second kappa shape index (κ2) is 18.5. The number of ether oxygens (including phenoxy) is 6. The predicted octanol–water partition coefficient (Wildman–Crippen LogP) is -1.21. The lowest BCUT2D eigenvalue weighted by Crippen LogP contribution is -2.44. The molecule has 9 heteroatoms. The van der Waals surface area contributed by atoms with Crippen LogP contribution in [0.2, 0.25) is 0 Å². The molecule has 0 aromatic rings. The molecular weight excluding hydrogens is 320 g/mol. The molecule has 0 unspecified atom stereocenters. The molecular formula is C15H32N2O7. The van der Waals surface area contributed by atoms with Crippen LogP contribution in [-0.4, -0.2) is 98.8 Å². The standard InChI is InChI=1S/C15H32N2O7/c1-19-4-3-17-15(18)14(16)13-24-12-11-23-10-9-22-8-7-21-6-5-20-2/h14H,3-13,16H2,1-2H3,(H,17,18)/t14-/m0/s1. The van der Waals surface area contributed by atoms with Crippen molar-refractivity contribution < 1.29 is 33.2 Å². The van der Waals surface area contributed by atoms with E-state index in [1.54, 1.807) is 14.2 Å². The van der Waals surface area contributed by atoms with Gasteiger partial charge in [-0.15, -0.1) is 0 Å². The minimum atomic E-state index is -0.691. The van der Waals surface area contributed by atoms with Gasteiger partial charge in [-0.2, -0.15) is 0 Å². The number of carbonyl (C=O) groups is 1. The quantitative estimate of drug-likeness (QED) is 0.296. The van der Waals surface area contributed by atoms with Gasteiger partial charge >= 0.3 is 0 Å². The van der Waals surface area contributed by atoms with Crippen LogP contribution in [0.15, 0.2) is 0 Å². The van der Waals surface area contributed by atoms with Gasteiger partial charge in [0.15, 0.2) is 0 Å². The molecule has 0 aliphatic rings. The van der Waals surface area contributed by atoms with E-state index in [0.29, 0.717) is 66.0 Å². The van der Waals surface area contributed by atoms with Crippen LogP contribution in [0.1, 0.15) is 0 Å². The van der Waals surface area contributed by atoms with E-state index in [1.807, 2.05) is 0 Å². The van der Waals surface area contributed by atoms with Crippen LogP contribution in [-0.2, 0) is 33.2 Å². The van der Waals surface area contributed by atoms with Gasteiger partial charge in [-0.25, -0.2) is 0 Å². The molecule has 0 aliphatic carbocycles. The Balaban J connectivity index is 3.22. The Bertz CT molecular complexity index is 283. The van der Waals surface area contributed by atoms with Crippen molar-refractivity contribution in [1.29, 1.82) is 0 Å². The summed E-state index contributed by atoms with van der Waals surface area (Å²) in [4.78, 5) is 11.5. The summed E-state index contributed by atoms with van der Waals surface area (Å²) in [6.07, 6.45) is 0. The Kier molecular flexibility index (Phi) is 17.9. The smallest absolute Gasteiger partial charge is 0.239 e. The van der Waals surface area contributed by atoms with Gasteiger partial charge in [-0.1, -0.05) is 0 Å². The highest BCUT2D eigenvalue weighted by molar-refractivity contribution is 5.81. The second-order valence-electron chi connectivity index (χ2n) is 4.80. The van der Waals surface area contributed by atoms with Gasteiger partial charge in [0, 0.05) is 20.8 Å². The van der Waals surface area contributed by atoms with E-state index in [-0.39, 0.29) is 12.5 Å². The molecule has 0 saturated heterocycles. The van der Waals surface area contributed by atoms with Crippen LogP contribution in [0.4, 0.5) is 0 Å². The normalized spacial score (nSPS) is 12.3. The van der Waals surface area contributed by atoms with Gasteiger partial charge in [0.1, 0.15) is 6.04 Å². The summed E-state index contributed by atoms with van der Waals surface area (Å²) in [5.74, 6) is -0.255. The molecule has 24 heavy (non-hydrogen) atoms. The van der Waals surface area contributed by atoms with Crippen molar-refractivity contribution in [2.24, 2.45) is 5.73 Å². The first-order valence-corrected chi connectivity index (χ1v) is 8.04. The highest BCUT2D eigenvalue weighted by Gasteiger charge is 2.12. The third kappa shape index (κ3) is 16.1. The zero-order valence-corrected chi connectivity index (χ0v) is 14.8. The predicted molar refractivity (Wildman–Crippen MR) is 88.0 cm³/mol. The lowest BCUT2D eigenvalue weighted by Gasteiger charge is -2.12. The molecule has 144 valence electrons. The Morgan fingerprint density at radius 1 is 0.792 bits per heavy atom. The molecule has 0 heterocycles. The summed E-state index contributed by atoms with van der Waals surface area (Å²) in [6, 6.07) is -0.691. The number of hydrogen-bond donors (Lipinski definition) is 2. The van der Waals surface area contributed by atoms with Gasteiger partial charge in [-0.3, -0.25) is 4.79 Å². The van der Waals surface area contributed by atoms with E-state index in [9.17, 15) is 4.79 Å². The molecule has 0 radical (unpaired) electrons. The van der Waals surface area contributed by atoms with E-state index in [4.69, 9.17) is 34.2 Å². The molecule has 1 atom stereocenters. The number of amides is 1. The fourth-order valence-electron chi connectivity index (χ4n) is 1.50. The number of methoxy groups -OCH3 is 2. The van der Waals surface area contributed by atoms with Crippen LogP contribution < -0.4 is 11.1 Å². The lowest BCUT2D eigenvalue weighted by molar-refractivity contribution is -0.124. The maximum absolute atomic E-state index is 11.5. The molecule has 0 aromatic carbocycles. The fourth-order valence-corrected chi connectivity index (χ4v) is 1.50. The van der Waals surface area contributed by atoms with E-state index in [0.717, 1.165) is 0 Å². The van der Waals surface area contributed by atoms with Crippen LogP contribution in [0, 0.1) is 0 Å². The molecule has 0 rings (SSSR count). The van der Waals surface area contributed by atoms with Crippen LogP contribution in [0.5, 0.6) is 0 Å². The highest BCUT2D eigenvalue weighted by Crippen LogP contribution is 1.86. The molecule has 0 aliphatic heterocycles. The van der Waals surface area contributed by atoms with Crippen molar-refractivity contribution in [2.75, 3.05) is 86.8 Å². The van der Waals surface area contributed by atoms with Gasteiger partial charge in [0.2, 0.25) is 5.91 Å². The SMILES string of the molecule is COCCNC(=O)[C@@H](N)COCCOCCOCCOCCOC. The maximum atomic E-state index is 11.5. The number of nitrogens with two attached hydrogens (primary N) is 1. The molecule has 0 aromatic heterocycles. The first kappa shape index (κ1) is 23.2. The van der Waals surface area contributed by atoms with Gasteiger partial charge in [0.05, 0.1) is 66.1 Å². The summed E-state index contributed by atoms with van der Waals surface area (Å²) in [6.45, 7) is 5.02. The van der Waals surface area contributed by atoms with E-state index in [1.165, 1.54) is 0 Å². The molecule has 9 nitrogen and oxygen atoms in total. The molecule has 1 amide bonds. The number of hydrogen-bond acceptors (Lipinski definition) is 8. The molecule has 0 fully saturated rings. The zero-order valence-electron chi connectivity index (χ0n) is 14.8. The van der Waals surface area contributed by atoms with Gasteiger partial charge < -0.3 is 39.5 Å². The maximum Gasteiger partial charge on any atom is 0.239 e. The number of rotatable bonds is 18. The first-order valence-electron chi connectivity index (χ1n) is 8.04. The van der Waals surface area contributed by atoms with Crippen molar-refractivity contribution in [3.05, 3.63) is 0 Å².